The molecule has 0 aliphatic heterocycles. The first kappa shape index (κ1) is 18.5. The van der Waals surface area contributed by atoms with E-state index in [4.69, 9.17) is 4.74 Å². The zero-order valence-corrected chi connectivity index (χ0v) is 14.5. The van der Waals surface area contributed by atoms with Gasteiger partial charge < -0.3 is 15.2 Å². The van der Waals surface area contributed by atoms with E-state index in [1.54, 1.807) is 20.0 Å². The summed E-state index contributed by atoms with van der Waals surface area (Å²) in [4.78, 5) is 15.9. The Hall–Kier alpha value is -2.84. The number of nitrogens with one attached hydrogen (secondary N) is 1. The maximum Gasteiger partial charge on any atom is 0.407 e. The topological polar surface area (TPSA) is 71.5 Å². The summed E-state index contributed by atoms with van der Waals surface area (Å²) in [7, 11) is 0. The molecule has 2 aromatic rings. The Balaban J connectivity index is 1.73. The molecule has 0 unspecified atom stereocenters. The first-order valence-electron chi connectivity index (χ1n) is 8.07. The van der Waals surface area contributed by atoms with Crippen molar-refractivity contribution in [3.63, 3.8) is 0 Å². The summed E-state index contributed by atoms with van der Waals surface area (Å²) in [6.45, 7) is 3.93. The van der Waals surface area contributed by atoms with E-state index in [1.807, 2.05) is 42.5 Å². The summed E-state index contributed by atoms with van der Waals surface area (Å²) in [5.41, 5.74) is 1.57. The summed E-state index contributed by atoms with van der Waals surface area (Å²) < 4.78 is 5.17. The lowest BCUT2D eigenvalue weighted by Crippen LogP contribution is -2.26. The predicted molar refractivity (Wildman–Crippen MR) is 95.7 cm³/mol. The third kappa shape index (κ3) is 7.51. The van der Waals surface area contributed by atoms with E-state index >= 15 is 0 Å². The standard InChI is InChI=1S/C20H22N2O3/c1-20(2,24)12-10-16-6-8-17(9-7-16)15-25-19(23)22-14-11-18-5-3-4-13-21-18/h3-9,13,24H,11,14-15H2,1-2H3,(H,22,23). The van der Waals surface area contributed by atoms with E-state index in [1.165, 1.54) is 0 Å². The van der Waals surface area contributed by atoms with Crippen LogP contribution < -0.4 is 5.32 Å². The van der Waals surface area contributed by atoms with Crippen LogP contribution >= 0.6 is 0 Å². The van der Waals surface area contributed by atoms with E-state index < -0.39 is 11.7 Å². The summed E-state index contributed by atoms with van der Waals surface area (Å²) in [6, 6.07) is 13.0. The van der Waals surface area contributed by atoms with Gasteiger partial charge >= 0.3 is 6.09 Å². The molecule has 5 nitrogen and oxygen atoms in total. The van der Waals surface area contributed by atoms with Crippen molar-refractivity contribution in [3.05, 3.63) is 65.5 Å². The molecule has 1 amide bonds. The van der Waals surface area contributed by atoms with Crippen molar-refractivity contribution in [1.29, 1.82) is 0 Å². The molecule has 0 atom stereocenters. The highest BCUT2D eigenvalue weighted by Gasteiger charge is 2.06. The zero-order chi connectivity index (χ0) is 18.1. The molecule has 0 saturated heterocycles. The number of aliphatic hydroxyl groups is 1. The number of amides is 1. The molecule has 2 N–H and O–H groups in total. The summed E-state index contributed by atoms with van der Waals surface area (Å²) in [5.74, 6) is 5.64. The minimum Gasteiger partial charge on any atom is -0.445 e. The summed E-state index contributed by atoms with van der Waals surface area (Å²) in [6.07, 6.45) is 1.93. The molecule has 0 fully saturated rings. The molecule has 25 heavy (non-hydrogen) atoms. The number of hydrogen-bond donors (Lipinski definition) is 2. The number of carbonyl (C=O) groups is 1. The summed E-state index contributed by atoms with van der Waals surface area (Å²) >= 11 is 0. The molecular weight excluding hydrogens is 316 g/mol. The van der Waals surface area contributed by atoms with Crippen LogP contribution in [0.4, 0.5) is 4.79 Å². The Labute approximate surface area is 148 Å². The lowest BCUT2D eigenvalue weighted by atomic mass is 10.1. The van der Waals surface area contributed by atoms with Gasteiger partial charge in [0.05, 0.1) is 0 Å². The summed E-state index contributed by atoms with van der Waals surface area (Å²) in [5, 5.41) is 12.3. The smallest absolute Gasteiger partial charge is 0.407 e. The Morgan fingerprint density at radius 1 is 1.24 bits per heavy atom. The first-order valence-corrected chi connectivity index (χ1v) is 8.07. The average molecular weight is 338 g/mol. The van der Waals surface area contributed by atoms with Gasteiger partial charge in [-0.05, 0) is 43.7 Å². The second kappa shape index (κ2) is 8.86. The molecular formula is C20H22N2O3. The SMILES string of the molecule is CC(C)(O)C#Cc1ccc(COC(=O)NCCc2ccccn2)cc1. The number of rotatable bonds is 5. The zero-order valence-electron chi connectivity index (χ0n) is 14.5. The second-order valence-corrected chi connectivity index (χ2v) is 6.08. The van der Waals surface area contributed by atoms with Crippen LogP contribution in [0, 0.1) is 11.8 Å². The number of hydrogen-bond acceptors (Lipinski definition) is 4. The highest BCUT2D eigenvalue weighted by Crippen LogP contribution is 2.06. The van der Waals surface area contributed by atoms with Crippen LogP contribution in [0.25, 0.3) is 0 Å². The van der Waals surface area contributed by atoms with E-state index in [0.29, 0.717) is 13.0 Å². The van der Waals surface area contributed by atoms with Gasteiger partial charge in [-0.25, -0.2) is 4.79 Å². The van der Waals surface area contributed by atoms with Crippen molar-refractivity contribution in [2.45, 2.75) is 32.5 Å². The van der Waals surface area contributed by atoms with Gasteiger partial charge in [-0.3, -0.25) is 4.98 Å². The molecule has 0 saturated carbocycles. The monoisotopic (exact) mass is 338 g/mol. The second-order valence-electron chi connectivity index (χ2n) is 6.08. The van der Waals surface area contributed by atoms with E-state index in [0.717, 1.165) is 16.8 Å². The Morgan fingerprint density at radius 2 is 2.00 bits per heavy atom. The van der Waals surface area contributed by atoms with Crippen LogP contribution in [0.15, 0.2) is 48.7 Å². The maximum absolute atomic E-state index is 11.7. The Bertz CT molecular complexity index is 738. The Morgan fingerprint density at radius 3 is 2.64 bits per heavy atom. The van der Waals surface area contributed by atoms with Crippen LogP contribution in [0.1, 0.15) is 30.7 Å². The third-order valence-electron chi connectivity index (χ3n) is 3.21. The van der Waals surface area contributed by atoms with Crippen LogP contribution in [-0.4, -0.2) is 28.3 Å². The minimum atomic E-state index is -1.02. The van der Waals surface area contributed by atoms with Crippen molar-refractivity contribution in [3.8, 4) is 11.8 Å². The lowest BCUT2D eigenvalue weighted by Gasteiger charge is -2.07. The fourth-order valence-electron chi connectivity index (χ4n) is 1.95. The van der Waals surface area contributed by atoms with Crippen molar-refractivity contribution >= 4 is 6.09 Å². The molecule has 0 bridgehead atoms. The Kier molecular flexibility index (Phi) is 6.55. The molecule has 130 valence electrons. The predicted octanol–water partition coefficient (Wildman–Crippen LogP) is 2.67. The van der Waals surface area contributed by atoms with Gasteiger partial charge in [0, 0.05) is 30.4 Å². The van der Waals surface area contributed by atoms with Crippen LogP contribution in [-0.2, 0) is 17.8 Å². The molecule has 0 aliphatic carbocycles. The van der Waals surface area contributed by atoms with Crippen LogP contribution in [0.5, 0.6) is 0 Å². The number of ether oxygens (including phenoxy) is 1. The highest BCUT2D eigenvalue weighted by molar-refractivity contribution is 5.67. The van der Waals surface area contributed by atoms with E-state index in [-0.39, 0.29) is 6.61 Å². The van der Waals surface area contributed by atoms with Gasteiger partial charge in [0.2, 0.25) is 0 Å². The number of aromatic nitrogens is 1. The molecule has 0 aliphatic rings. The van der Waals surface area contributed by atoms with Crippen LogP contribution in [0.3, 0.4) is 0 Å². The molecule has 0 spiro atoms. The average Bonchev–Trinajstić information content (AvgIpc) is 2.59. The largest absolute Gasteiger partial charge is 0.445 e. The van der Waals surface area contributed by atoms with Crippen molar-refractivity contribution in [2.75, 3.05) is 6.54 Å². The van der Waals surface area contributed by atoms with Crippen molar-refractivity contribution < 1.29 is 14.6 Å². The molecule has 0 radical (unpaired) electrons. The fourth-order valence-corrected chi connectivity index (χ4v) is 1.95. The third-order valence-corrected chi connectivity index (χ3v) is 3.21. The number of nitrogens with zero attached hydrogens (tertiary/aromatic N) is 1. The first-order chi connectivity index (χ1) is 11.9. The molecule has 5 heteroatoms. The van der Waals surface area contributed by atoms with Gasteiger partial charge in [-0.15, -0.1) is 0 Å². The molecule has 2 rings (SSSR count). The molecule has 1 aromatic carbocycles. The quantitative estimate of drug-likeness (QED) is 0.822. The number of carbonyl (C=O) groups excluding carboxylic acids is 1. The fraction of sp³-hybridized carbons (Fsp3) is 0.300. The van der Waals surface area contributed by atoms with Gasteiger partial charge in [-0.1, -0.05) is 30.0 Å². The lowest BCUT2D eigenvalue weighted by molar-refractivity contribution is 0.139. The van der Waals surface area contributed by atoms with Gasteiger partial charge in [0.1, 0.15) is 12.2 Å². The maximum atomic E-state index is 11.7. The minimum absolute atomic E-state index is 0.189. The van der Waals surface area contributed by atoms with Gasteiger partial charge in [0.25, 0.3) is 0 Å². The highest BCUT2D eigenvalue weighted by atomic mass is 16.5. The number of alkyl carbamates (subject to hydrolysis) is 1. The number of pyridine rings is 1. The number of benzene rings is 1. The normalized spacial score (nSPS) is 10.5. The van der Waals surface area contributed by atoms with Gasteiger partial charge in [0.15, 0.2) is 0 Å². The van der Waals surface area contributed by atoms with Crippen molar-refractivity contribution in [1.82, 2.24) is 10.3 Å². The van der Waals surface area contributed by atoms with Crippen molar-refractivity contribution in [2.24, 2.45) is 0 Å². The van der Waals surface area contributed by atoms with Gasteiger partial charge in [-0.2, -0.15) is 0 Å². The molecule has 1 aromatic heterocycles. The molecule has 1 heterocycles. The van der Waals surface area contributed by atoms with E-state index in [2.05, 4.69) is 22.1 Å². The van der Waals surface area contributed by atoms with Crippen LogP contribution in [0.2, 0.25) is 0 Å². The van der Waals surface area contributed by atoms with E-state index in [9.17, 15) is 9.90 Å².